The highest BCUT2D eigenvalue weighted by molar-refractivity contribution is 6.04. The number of fused-ring (bicyclic) bond motifs is 2. The van der Waals surface area contributed by atoms with Gasteiger partial charge in [-0.15, -0.1) is 0 Å². The minimum atomic E-state index is -0.00772. The van der Waals surface area contributed by atoms with Crippen molar-refractivity contribution >= 4 is 16.8 Å². The summed E-state index contributed by atoms with van der Waals surface area (Å²) in [5.74, 6) is -0.00772. The SMILES string of the molecule is COCCC1CN(C(=O)c2nn(C)c3ccccc23)Cc2cccn21. The Labute approximate surface area is 146 Å². The van der Waals surface area contributed by atoms with Crippen molar-refractivity contribution in [2.24, 2.45) is 7.05 Å². The Morgan fingerprint density at radius 3 is 2.96 bits per heavy atom. The van der Waals surface area contributed by atoms with Gasteiger partial charge in [-0.3, -0.25) is 9.48 Å². The van der Waals surface area contributed by atoms with Gasteiger partial charge in [-0.05, 0) is 24.6 Å². The first-order chi connectivity index (χ1) is 12.2. The number of rotatable bonds is 4. The van der Waals surface area contributed by atoms with Gasteiger partial charge in [-0.1, -0.05) is 18.2 Å². The molecule has 0 fully saturated rings. The van der Waals surface area contributed by atoms with Crippen LogP contribution in [-0.4, -0.2) is 45.4 Å². The van der Waals surface area contributed by atoms with Gasteiger partial charge in [0.1, 0.15) is 0 Å². The van der Waals surface area contributed by atoms with Crippen LogP contribution in [0.15, 0.2) is 42.6 Å². The Bertz CT molecular complexity index is 911. The Morgan fingerprint density at radius 1 is 1.28 bits per heavy atom. The molecule has 4 rings (SSSR count). The summed E-state index contributed by atoms with van der Waals surface area (Å²) in [7, 11) is 3.59. The van der Waals surface area contributed by atoms with Crippen molar-refractivity contribution in [1.29, 1.82) is 0 Å². The van der Waals surface area contributed by atoms with Gasteiger partial charge < -0.3 is 14.2 Å². The number of methoxy groups -OCH3 is 1. The predicted molar refractivity (Wildman–Crippen MR) is 95.4 cm³/mol. The zero-order valence-electron chi connectivity index (χ0n) is 14.6. The maximum Gasteiger partial charge on any atom is 0.275 e. The first-order valence-corrected chi connectivity index (χ1v) is 8.54. The van der Waals surface area contributed by atoms with Crippen molar-refractivity contribution in [3.63, 3.8) is 0 Å². The lowest BCUT2D eigenvalue weighted by molar-refractivity contribution is 0.0649. The second-order valence-electron chi connectivity index (χ2n) is 6.52. The summed E-state index contributed by atoms with van der Waals surface area (Å²) in [6, 6.07) is 12.2. The molecular weight excluding hydrogens is 316 g/mol. The Kier molecular flexibility index (Phi) is 4.05. The summed E-state index contributed by atoms with van der Waals surface area (Å²) < 4.78 is 9.28. The quantitative estimate of drug-likeness (QED) is 0.735. The molecule has 0 radical (unpaired) electrons. The van der Waals surface area contributed by atoms with E-state index >= 15 is 0 Å². The van der Waals surface area contributed by atoms with Crippen molar-refractivity contribution in [2.45, 2.75) is 19.0 Å². The number of carbonyl (C=O) groups excluding carboxylic acids is 1. The number of benzene rings is 1. The number of amides is 1. The molecule has 0 spiro atoms. The van der Waals surface area contributed by atoms with Crippen LogP contribution in [0.1, 0.15) is 28.6 Å². The number of carbonyl (C=O) groups is 1. The number of ether oxygens (including phenoxy) is 1. The average molecular weight is 338 g/mol. The number of para-hydroxylation sites is 1. The highest BCUT2D eigenvalue weighted by Crippen LogP contribution is 2.27. The molecular formula is C19H22N4O2. The van der Waals surface area contributed by atoms with Gasteiger partial charge in [0, 0.05) is 44.6 Å². The summed E-state index contributed by atoms with van der Waals surface area (Å²) in [5.41, 5.74) is 2.66. The molecule has 0 saturated heterocycles. The maximum absolute atomic E-state index is 13.2. The number of hydrogen-bond acceptors (Lipinski definition) is 3. The lowest BCUT2D eigenvalue weighted by Gasteiger charge is -2.34. The molecule has 2 aromatic heterocycles. The molecule has 3 heterocycles. The molecule has 0 aliphatic carbocycles. The maximum atomic E-state index is 13.2. The Balaban J connectivity index is 1.66. The van der Waals surface area contributed by atoms with Gasteiger partial charge in [0.15, 0.2) is 5.69 Å². The Morgan fingerprint density at radius 2 is 2.12 bits per heavy atom. The highest BCUT2D eigenvalue weighted by atomic mass is 16.5. The third-order valence-electron chi connectivity index (χ3n) is 4.95. The summed E-state index contributed by atoms with van der Waals surface area (Å²) >= 11 is 0. The van der Waals surface area contributed by atoms with Crippen LogP contribution in [0.5, 0.6) is 0 Å². The Hall–Kier alpha value is -2.60. The zero-order valence-corrected chi connectivity index (χ0v) is 14.6. The van der Waals surface area contributed by atoms with E-state index in [1.807, 2.05) is 42.3 Å². The standard InChI is InChI=1S/C19H22N4O2/c1-21-17-8-4-3-7-16(17)18(20-21)19(24)22-12-14-6-5-10-23(14)15(13-22)9-11-25-2/h3-8,10,15H,9,11-13H2,1-2H3. The zero-order chi connectivity index (χ0) is 17.4. The van der Waals surface area contributed by atoms with E-state index in [0.717, 1.165) is 23.0 Å². The second-order valence-corrected chi connectivity index (χ2v) is 6.52. The number of aromatic nitrogens is 3. The first-order valence-electron chi connectivity index (χ1n) is 8.54. The summed E-state index contributed by atoms with van der Waals surface area (Å²) in [4.78, 5) is 15.1. The van der Waals surface area contributed by atoms with Gasteiger partial charge in [-0.25, -0.2) is 0 Å². The van der Waals surface area contributed by atoms with Crippen LogP contribution < -0.4 is 0 Å². The van der Waals surface area contributed by atoms with Crippen molar-refractivity contribution in [3.8, 4) is 0 Å². The molecule has 3 aromatic rings. The van der Waals surface area contributed by atoms with Gasteiger partial charge >= 0.3 is 0 Å². The smallest absolute Gasteiger partial charge is 0.275 e. The fourth-order valence-electron chi connectivity index (χ4n) is 3.68. The fraction of sp³-hybridized carbons (Fsp3) is 0.368. The van der Waals surface area contributed by atoms with E-state index < -0.39 is 0 Å². The second kappa shape index (κ2) is 6.37. The molecule has 1 atom stereocenters. The van der Waals surface area contributed by atoms with Crippen LogP contribution in [0.2, 0.25) is 0 Å². The number of aryl methyl sites for hydroxylation is 1. The number of nitrogens with zero attached hydrogens (tertiary/aromatic N) is 4. The van der Waals surface area contributed by atoms with E-state index in [1.165, 1.54) is 0 Å². The lowest BCUT2D eigenvalue weighted by Crippen LogP contribution is -2.41. The highest BCUT2D eigenvalue weighted by Gasteiger charge is 2.30. The molecule has 25 heavy (non-hydrogen) atoms. The van der Waals surface area contributed by atoms with E-state index in [0.29, 0.717) is 25.4 Å². The minimum absolute atomic E-state index is 0.00772. The molecule has 130 valence electrons. The van der Waals surface area contributed by atoms with Crippen molar-refractivity contribution in [1.82, 2.24) is 19.2 Å². The van der Waals surface area contributed by atoms with Gasteiger partial charge in [-0.2, -0.15) is 5.10 Å². The van der Waals surface area contributed by atoms with Crippen LogP contribution in [0.4, 0.5) is 0 Å². The molecule has 6 heteroatoms. The minimum Gasteiger partial charge on any atom is -0.385 e. The summed E-state index contributed by atoms with van der Waals surface area (Å²) in [5, 5.41) is 5.40. The molecule has 6 nitrogen and oxygen atoms in total. The molecule has 1 aromatic carbocycles. The predicted octanol–water partition coefficient (Wildman–Crippen LogP) is 2.61. The van der Waals surface area contributed by atoms with Crippen LogP contribution in [-0.2, 0) is 18.3 Å². The van der Waals surface area contributed by atoms with Crippen LogP contribution >= 0.6 is 0 Å². The van der Waals surface area contributed by atoms with Crippen LogP contribution in [0.3, 0.4) is 0 Å². The van der Waals surface area contributed by atoms with E-state index in [4.69, 9.17) is 4.74 Å². The molecule has 1 aliphatic heterocycles. The van der Waals surface area contributed by atoms with E-state index in [1.54, 1.807) is 11.8 Å². The molecule has 0 bridgehead atoms. The summed E-state index contributed by atoms with van der Waals surface area (Å²) in [6.07, 6.45) is 2.97. The van der Waals surface area contributed by atoms with Gasteiger partial charge in [0.25, 0.3) is 5.91 Å². The largest absolute Gasteiger partial charge is 0.385 e. The average Bonchev–Trinajstić information content (AvgIpc) is 3.24. The monoisotopic (exact) mass is 338 g/mol. The van der Waals surface area contributed by atoms with E-state index in [-0.39, 0.29) is 11.9 Å². The van der Waals surface area contributed by atoms with Crippen LogP contribution in [0, 0.1) is 0 Å². The van der Waals surface area contributed by atoms with Crippen molar-refractivity contribution in [2.75, 3.05) is 20.3 Å². The normalized spacial score (nSPS) is 17.0. The third-order valence-corrected chi connectivity index (χ3v) is 4.95. The summed E-state index contributed by atoms with van der Waals surface area (Å²) in [6.45, 7) is 1.96. The van der Waals surface area contributed by atoms with Gasteiger partial charge in [0.05, 0.1) is 18.1 Å². The lowest BCUT2D eigenvalue weighted by atomic mass is 10.1. The topological polar surface area (TPSA) is 52.3 Å². The van der Waals surface area contributed by atoms with Crippen molar-refractivity contribution in [3.05, 3.63) is 54.0 Å². The number of hydrogen-bond donors (Lipinski definition) is 0. The third kappa shape index (κ3) is 2.72. The van der Waals surface area contributed by atoms with Gasteiger partial charge in [0.2, 0.25) is 0 Å². The molecule has 1 unspecified atom stereocenters. The first kappa shape index (κ1) is 15.9. The molecule has 1 amide bonds. The molecule has 0 N–H and O–H groups in total. The molecule has 0 saturated carbocycles. The fourth-order valence-corrected chi connectivity index (χ4v) is 3.68. The van der Waals surface area contributed by atoms with Crippen molar-refractivity contribution < 1.29 is 9.53 Å². The van der Waals surface area contributed by atoms with E-state index in [9.17, 15) is 4.79 Å². The van der Waals surface area contributed by atoms with Crippen LogP contribution in [0.25, 0.3) is 10.9 Å². The molecule has 1 aliphatic rings. The van der Waals surface area contributed by atoms with E-state index in [2.05, 4.69) is 21.9 Å².